The van der Waals surface area contributed by atoms with Crippen molar-refractivity contribution in [1.29, 1.82) is 0 Å². The molecule has 3 rings (SSSR count). The van der Waals surface area contributed by atoms with Gasteiger partial charge in [0.2, 0.25) is 5.89 Å². The Hall–Kier alpha value is -1.80. The lowest BCUT2D eigenvalue weighted by molar-refractivity contribution is 0.0858. The van der Waals surface area contributed by atoms with Gasteiger partial charge in [0.05, 0.1) is 12.6 Å². The first-order valence-corrected chi connectivity index (χ1v) is 8.26. The van der Waals surface area contributed by atoms with Gasteiger partial charge < -0.3 is 4.52 Å². The van der Waals surface area contributed by atoms with Crippen LogP contribution in [0, 0.1) is 0 Å². The molecule has 0 aliphatic carbocycles. The van der Waals surface area contributed by atoms with Crippen molar-refractivity contribution in [2.45, 2.75) is 39.3 Å². The summed E-state index contributed by atoms with van der Waals surface area (Å²) < 4.78 is 7.31. The summed E-state index contributed by atoms with van der Waals surface area (Å²) >= 11 is 0. The van der Waals surface area contributed by atoms with Gasteiger partial charge in [0.15, 0.2) is 5.82 Å². The van der Waals surface area contributed by atoms with Crippen molar-refractivity contribution in [1.82, 2.24) is 34.7 Å². The van der Waals surface area contributed by atoms with Gasteiger partial charge in [0.1, 0.15) is 12.7 Å². The van der Waals surface area contributed by atoms with E-state index in [0.29, 0.717) is 5.92 Å². The number of piperazine rings is 1. The standard InChI is InChI=1S/C15H25N7O/c1-12(2)14-18-15(23-19-14)13(3)21-7-4-20(5-8-21)6-9-22-11-16-10-17-22/h10-13H,4-9H2,1-3H3/t13-/m1/s1. The molecule has 1 saturated heterocycles. The van der Waals surface area contributed by atoms with Gasteiger partial charge in [0, 0.05) is 38.6 Å². The van der Waals surface area contributed by atoms with E-state index in [2.05, 4.69) is 50.8 Å². The second-order valence-electron chi connectivity index (χ2n) is 6.36. The Kier molecular flexibility index (Phi) is 5.02. The molecule has 1 atom stereocenters. The van der Waals surface area contributed by atoms with Crippen LogP contribution in [0.15, 0.2) is 17.2 Å². The molecule has 0 bridgehead atoms. The van der Waals surface area contributed by atoms with E-state index in [1.165, 1.54) is 0 Å². The van der Waals surface area contributed by atoms with E-state index in [1.54, 1.807) is 12.7 Å². The van der Waals surface area contributed by atoms with Gasteiger partial charge in [0.25, 0.3) is 0 Å². The molecule has 23 heavy (non-hydrogen) atoms. The number of nitrogens with zero attached hydrogens (tertiary/aromatic N) is 7. The molecule has 2 aromatic heterocycles. The van der Waals surface area contributed by atoms with Crippen LogP contribution in [-0.2, 0) is 6.54 Å². The lowest BCUT2D eigenvalue weighted by Gasteiger charge is -2.36. The fourth-order valence-corrected chi connectivity index (χ4v) is 2.77. The lowest BCUT2D eigenvalue weighted by Crippen LogP contribution is -2.47. The fraction of sp³-hybridized carbons (Fsp3) is 0.733. The fourth-order valence-electron chi connectivity index (χ4n) is 2.77. The molecule has 0 radical (unpaired) electrons. The summed E-state index contributed by atoms with van der Waals surface area (Å²) in [5.74, 6) is 1.82. The minimum absolute atomic E-state index is 0.174. The molecule has 0 aromatic carbocycles. The van der Waals surface area contributed by atoms with Crippen LogP contribution in [0.2, 0.25) is 0 Å². The molecule has 0 unspecified atom stereocenters. The van der Waals surface area contributed by atoms with Crippen LogP contribution in [0.5, 0.6) is 0 Å². The summed E-state index contributed by atoms with van der Waals surface area (Å²) in [5, 5.41) is 8.21. The van der Waals surface area contributed by atoms with Crippen molar-refractivity contribution in [2.75, 3.05) is 32.7 Å². The van der Waals surface area contributed by atoms with E-state index < -0.39 is 0 Å². The highest BCUT2D eigenvalue weighted by Gasteiger charge is 2.26. The maximum Gasteiger partial charge on any atom is 0.243 e. The molecule has 0 spiro atoms. The molecule has 0 saturated carbocycles. The molecule has 1 aliphatic rings. The molecule has 0 amide bonds. The first-order valence-electron chi connectivity index (χ1n) is 8.26. The summed E-state index contributed by atoms with van der Waals surface area (Å²) in [4.78, 5) is 13.4. The predicted octanol–water partition coefficient (Wildman–Crippen LogP) is 1.16. The van der Waals surface area contributed by atoms with E-state index in [-0.39, 0.29) is 6.04 Å². The summed E-state index contributed by atoms with van der Waals surface area (Å²) in [6, 6.07) is 0.174. The van der Waals surface area contributed by atoms with Crippen molar-refractivity contribution in [3.8, 4) is 0 Å². The normalized spacial score (nSPS) is 18.6. The van der Waals surface area contributed by atoms with E-state index in [9.17, 15) is 0 Å². The highest BCUT2D eigenvalue weighted by molar-refractivity contribution is 4.96. The van der Waals surface area contributed by atoms with Gasteiger partial charge in [-0.25, -0.2) is 4.98 Å². The third-order valence-electron chi connectivity index (χ3n) is 4.40. The Labute approximate surface area is 136 Å². The van der Waals surface area contributed by atoms with E-state index in [4.69, 9.17) is 4.52 Å². The molecule has 1 fully saturated rings. The Balaban J connectivity index is 1.47. The average molecular weight is 319 g/mol. The molecule has 2 aromatic rings. The van der Waals surface area contributed by atoms with E-state index in [0.717, 1.165) is 51.0 Å². The SMILES string of the molecule is CC(C)c1noc([C@@H](C)N2CCN(CCn3cncn3)CC2)n1. The molecule has 0 N–H and O–H groups in total. The Morgan fingerprint density at radius 3 is 2.52 bits per heavy atom. The summed E-state index contributed by atoms with van der Waals surface area (Å²) in [6.07, 6.45) is 3.34. The van der Waals surface area contributed by atoms with Gasteiger partial charge >= 0.3 is 0 Å². The van der Waals surface area contributed by atoms with Crippen molar-refractivity contribution < 1.29 is 4.52 Å². The second kappa shape index (κ2) is 7.18. The van der Waals surface area contributed by atoms with Crippen LogP contribution in [0.3, 0.4) is 0 Å². The van der Waals surface area contributed by atoms with Crippen LogP contribution in [-0.4, -0.2) is 67.4 Å². The number of hydrogen-bond donors (Lipinski definition) is 0. The van der Waals surface area contributed by atoms with Crippen molar-refractivity contribution in [2.24, 2.45) is 0 Å². The third-order valence-corrected chi connectivity index (χ3v) is 4.40. The Morgan fingerprint density at radius 2 is 1.91 bits per heavy atom. The zero-order valence-electron chi connectivity index (χ0n) is 14.1. The maximum atomic E-state index is 5.43. The molecular formula is C15H25N7O. The summed E-state index contributed by atoms with van der Waals surface area (Å²) in [7, 11) is 0. The maximum absolute atomic E-state index is 5.43. The van der Waals surface area contributed by atoms with Gasteiger partial charge in [-0.05, 0) is 6.92 Å². The molecule has 8 heteroatoms. The quantitative estimate of drug-likeness (QED) is 0.791. The number of rotatable bonds is 6. The van der Waals surface area contributed by atoms with E-state index >= 15 is 0 Å². The van der Waals surface area contributed by atoms with Crippen molar-refractivity contribution in [3.05, 3.63) is 24.4 Å². The molecule has 8 nitrogen and oxygen atoms in total. The molecule has 1 aliphatic heterocycles. The summed E-state index contributed by atoms with van der Waals surface area (Å²) in [5.41, 5.74) is 0. The van der Waals surface area contributed by atoms with Crippen LogP contribution in [0.4, 0.5) is 0 Å². The first kappa shape index (κ1) is 16.1. The van der Waals surface area contributed by atoms with Crippen LogP contribution < -0.4 is 0 Å². The highest BCUT2D eigenvalue weighted by Crippen LogP contribution is 2.21. The largest absolute Gasteiger partial charge is 0.338 e. The second-order valence-corrected chi connectivity index (χ2v) is 6.36. The minimum atomic E-state index is 0.174. The van der Waals surface area contributed by atoms with Gasteiger partial charge in [-0.1, -0.05) is 19.0 Å². The topological polar surface area (TPSA) is 76.1 Å². The van der Waals surface area contributed by atoms with Crippen LogP contribution >= 0.6 is 0 Å². The first-order chi connectivity index (χ1) is 11.1. The minimum Gasteiger partial charge on any atom is -0.338 e. The third kappa shape index (κ3) is 3.94. The van der Waals surface area contributed by atoms with Gasteiger partial charge in [-0.3, -0.25) is 14.5 Å². The molecule has 3 heterocycles. The monoisotopic (exact) mass is 319 g/mol. The Bertz CT molecular complexity index is 587. The lowest BCUT2D eigenvalue weighted by atomic mass is 10.2. The van der Waals surface area contributed by atoms with Crippen LogP contribution in [0.1, 0.15) is 44.4 Å². The highest BCUT2D eigenvalue weighted by atomic mass is 16.5. The van der Waals surface area contributed by atoms with Gasteiger partial charge in [-0.15, -0.1) is 0 Å². The van der Waals surface area contributed by atoms with Gasteiger partial charge in [-0.2, -0.15) is 10.1 Å². The number of aromatic nitrogens is 5. The predicted molar refractivity (Wildman–Crippen MR) is 84.8 cm³/mol. The van der Waals surface area contributed by atoms with E-state index in [1.807, 2.05) is 4.68 Å². The zero-order valence-corrected chi connectivity index (χ0v) is 14.1. The molecule has 126 valence electrons. The average Bonchev–Trinajstić information content (AvgIpc) is 3.24. The Morgan fingerprint density at radius 1 is 1.13 bits per heavy atom. The molecular weight excluding hydrogens is 294 g/mol. The summed E-state index contributed by atoms with van der Waals surface area (Å²) in [6.45, 7) is 12.3. The van der Waals surface area contributed by atoms with Crippen molar-refractivity contribution in [3.63, 3.8) is 0 Å². The van der Waals surface area contributed by atoms with Crippen molar-refractivity contribution >= 4 is 0 Å². The smallest absolute Gasteiger partial charge is 0.243 e. The number of hydrogen-bond acceptors (Lipinski definition) is 7. The van der Waals surface area contributed by atoms with Crippen LogP contribution in [0.25, 0.3) is 0 Å². The zero-order chi connectivity index (χ0) is 16.2.